The second kappa shape index (κ2) is 10.2. The van der Waals surface area contributed by atoms with E-state index >= 15 is 0 Å². The van der Waals surface area contributed by atoms with E-state index in [4.69, 9.17) is 9.47 Å². The average molecular weight is 522 g/mol. The Morgan fingerprint density at radius 3 is 2.32 bits per heavy atom. The van der Waals surface area contributed by atoms with Gasteiger partial charge in [-0.15, -0.1) is 0 Å². The van der Waals surface area contributed by atoms with Gasteiger partial charge in [0.05, 0.1) is 28.9 Å². The predicted octanol–water partition coefficient (Wildman–Crippen LogP) is 6.88. The van der Waals surface area contributed by atoms with Crippen LogP contribution in [-0.4, -0.2) is 22.1 Å². The normalized spacial score (nSPS) is 12.1. The van der Waals surface area contributed by atoms with Crippen LogP contribution in [0.3, 0.4) is 0 Å². The number of fused-ring (bicyclic) bond motifs is 1. The Morgan fingerprint density at radius 2 is 1.68 bits per heavy atom. The predicted molar refractivity (Wildman–Crippen MR) is 123 cm³/mol. The highest BCUT2D eigenvalue weighted by atomic mass is 19.4. The molecule has 0 aliphatic heterocycles. The van der Waals surface area contributed by atoms with Gasteiger partial charge in [0, 0.05) is 29.6 Å². The maximum Gasteiger partial charge on any atom is 0.416 e. The number of benzene rings is 2. The number of carbonyl (C=O) groups excluding carboxylic acids is 1. The molecule has 0 N–H and O–H groups in total. The van der Waals surface area contributed by atoms with Crippen LogP contribution in [0, 0.1) is 0 Å². The molecule has 0 aliphatic rings. The fraction of sp³-hybridized carbons (Fsp3) is 0.231. The summed E-state index contributed by atoms with van der Waals surface area (Å²) in [5, 5.41) is 0.801. The highest BCUT2D eigenvalue weighted by molar-refractivity contribution is 5.83. The molecule has 194 valence electrons. The molecule has 4 rings (SSSR count). The third-order valence-corrected chi connectivity index (χ3v) is 5.54. The van der Waals surface area contributed by atoms with Gasteiger partial charge in [-0.05, 0) is 48.7 Å². The first kappa shape index (κ1) is 26.1. The molecule has 0 saturated heterocycles. The molecule has 0 fully saturated rings. The van der Waals surface area contributed by atoms with E-state index in [1.165, 1.54) is 0 Å². The van der Waals surface area contributed by atoms with Gasteiger partial charge in [-0.25, -0.2) is 0 Å². The number of pyridine rings is 1. The van der Waals surface area contributed by atoms with E-state index in [1.54, 1.807) is 42.0 Å². The Bertz CT molecular complexity index is 1410. The number of hydrogen-bond donors (Lipinski definition) is 0. The maximum absolute atomic E-state index is 13.8. The van der Waals surface area contributed by atoms with Crippen molar-refractivity contribution < 1.29 is 40.6 Å². The Kier molecular flexibility index (Phi) is 7.15. The third-order valence-electron chi connectivity index (χ3n) is 5.54. The summed E-state index contributed by atoms with van der Waals surface area (Å²) in [6.45, 7) is 1.44. The molecule has 0 amide bonds. The lowest BCUT2D eigenvalue weighted by Crippen LogP contribution is -2.13. The van der Waals surface area contributed by atoms with Crippen molar-refractivity contribution in [3.63, 3.8) is 0 Å². The number of aromatic nitrogens is 2. The van der Waals surface area contributed by atoms with Gasteiger partial charge in [0.1, 0.15) is 18.9 Å². The lowest BCUT2D eigenvalue weighted by Gasteiger charge is -2.15. The first-order chi connectivity index (χ1) is 17.5. The number of esters is 1. The standard InChI is InChI=1S/C26H20F6N2O3/c1-2-36-24(35)14-34-10-9-17-5-8-20(11-23(17)34)37-15-18-13-33-22(12-21(18)26(30,31)32)16-3-6-19(7-4-16)25(27,28)29/h3-13H,2,14-15H2,1H3. The van der Waals surface area contributed by atoms with Crippen molar-refractivity contribution in [2.45, 2.75) is 32.4 Å². The van der Waals surface area contributed by atoms with E-state index in [0.717, 1.165) is 41.9 Å². The molecule has 0 radical (unpaired) electrons. The van der Waals surface area contributed by atoms with E-state index in [0.29, 0.717) is 5.52 Å². The van der Waals surface area contributed by atoms with E-state index in [2.05, 4.69) is 4.98 Å². The number of nitrogens with zero attached hydrogens (tertiary/aromatic N) is 2. The van der Waals surface area contributed by atoms with Crippen LogP contribution in [0.2, 0.25) is 0 Å². The monoisotopic (exact) mass is 522 g/mol. The van der Waals surface area contributed by atoms with Gasteiger partial charge in [-0.1, -0.05) is 12.1 Å². The van der Waals surface area contributed by atoms with Gasteiger partial charge in [0.25, 0.3) is 0 Å². The summed E-state index contributed by atoms with van der Waals surface area (Å²) in [5.74, 6) is -0.156. The minimum absolute atomic E-state index is 0.0334. The Morgan fingerprint density at radius 1 is 0.946 bits per heavy atom. The number of rotatable bonds is 7. The smallest absolute Gasteiger partial charge is 0.416 e. The van der Waals surface area contributed by atoms with Crippen molar-refractivity contribution in [3.8, 4) is 17.0 Å². The molecule has 4 aromatic rings. The molecular formula is C26H20F6N2O3. The van der Waals surface area contributed by atoms with Crippen molar-refractivity contribution in [2.24, 2.45) is 0 Å². The lowest BCUT2D eigenvalue weighted by atomic mass is 10.0. The summed E-state index contributed by atoms with van der Waals surface area (Å²) < 4.78 is 92.0. The van der Waals surface area contributed by atoms with Crippen molar-refractivity contribution in [1.29, 1.82) is 0 Å². The van der Waals surface area contributed by atoms with Gasteiger partial charge in [0.2, 0.25) is 0 Å². The fourth-order valence-electron chi connectivity index (χ4n) is 3.75. The second-order valence-electron chi connectivity index (χ2n) is 8.06. The molecule has 2 aromatic carbocycles. The Hall–Kier alpha value is -4.02. The summed E-state index contributed by atoms with van der Waals surface area (Å²) in [6, 6.07) is 11.2. The first-order valence-electron chi connectivity index (χ1n) is 11.1. The molecule has 2 heterocycles. The molecule has 37 heavy (non-hydrogen) atoms. The largest absolute Gasteiger partial charge is 0.489 e. The molecule has 11 heteroatoms. The van der Waals surface area contributed by atoms with Gasteiger partial charge in [-0.2, -0.15) is 26.3 Å². The van der Waals surface area contributed by atoms with Gasteiger partial charge in [0.15, 0.2) is 0 Å². The van der Waals surface area contributed by atoms with Crippen LogP contribution in [0.25, 0.3) is 22.2 Å². The van der Waals surface area contributed by atoms with Gasteiger partial charge < -0.3 is 14.0 Å². The summed E-state index contributed by atoms with van der Waals surface area (Å²) >= 11 is 0. The highest BCUT2D eigenvalue weighted by Crippen LogP contribution is 2.36. The molecular weight excluding hydrogens is 502 g/mol. The second-order valence-corrected chi connectivity index (χ2v) is 8.06. The number of hydrogen-bond acceptors (Lipinski definition) is 4. The number of halogens is 6. The topological polar surface area (TPSA) is 53.4 Å². The van der Waals surface area contributed by atoms with Crippen molar-refractivity contribution in [2.75, 3.05) is 6.61 Å². The minimum Gasteiger partial charge on any atom is -0.489 e. The fourth-order valence-corrected chi connectivity index (χ4v) is 3.75. The molecule has 0 unspecified atom stereocenters. The number of carbonyl (C=O) groups is 1. The summed E-state index contributed by atoms with van der Waals surface area (Å²) in [7, 11) is 0. The van der Waals surface area contributed by atoms with E-state index in [1.807, 2.05) is 0 Å². The Labute approximate surface area is 207 Å². The van der Waals surface area contributed by atoms with Crippen LogP contribution in [-0.2, 0) is 35.0 Å². The SMILES string of the molecule is CCOC(=O)Cn1ccc2ccc(OCc3cnc(-c4ccc(C(F)(F)F)cc4)cc3C(F)(F)F)cc21. The number of alkyl halides is 6. The summed E-state index contributed by atoms with van der Waals surface area (Å²) in [6.07, 6.45) is -6.62. The first-order valence-corrected chi connectivity index (χ1v) is 11.1. The highest BCUT2D eigenvalue weighted by Gasteiger charge is 2.34. The number of ether oxygens (including phenoxy) is 2. The Balaban J connectivity index is 1.57. The summed E-state index contributed by atoms with van der Waals surface area (Å²) in [5.41, 5.74) is -1.55. The van der Waals surface area contributed by atoms with Gasteiger partial charge >= 0.3 is 18.3 Å². The molecule has 2 aromatic heterocycles. The van der Waals surface area contributed by atoms with E-state index < -0.39 is 36.1 Å². The van der Waals surface area contributed by atoms with Crippen molar-refractivity contribution >= 4 is 16.9 Å². The molecule has 0 bridgehead atoms. The van der Waals surface area contributed by atoms with Crippen LogP contribution < -0.4 is 4.74 Å². The van der Waals surface area contributed by atoms with Crippen LogP contribution in [0.5, 0.6) is 5.75 Å². The molecule has 0 spiro atoms. The molecule has 5 nitrogen and oxygen atoms in total. The quantitative estimate of drug-likeness (QED) is 0.196. The average Bonchev–Trinajstić information content (AvgIpc) is 3.23. The van der Waals surface area contributed by atoms with Crippen molar-refractivity contribution in [3.05, 3.63) is 83.7 Å². The van der Waals surface area contributed by atoms with Crippen molar-refractivity contribution in [1.82, 2.24) is 9.55 Å². The van der Waals surface area contributed by atoms with Crippen LogP contribution in [0.15, 0.2) is 67.0 Å². The molecule has 0 aliphatic carbocycles. The zero-order chi connectivity index (χ0) is 26.8. The molecule has 0 atom stereocenters. The van der Waals surface area contributed by atoms with E-state index in [-0.39, 0.29) is 35.7 Å². The zero-order valence-corrected chi connectivity index (χ0v) is 19.4. The zero-order valence-electron chi connectivity index (χ0n) is 19.4. The van der Waals surface area contributed by atoms with Crippen LogP contribution in [0.1, 0.15) is 23.6 Å². The minimum atomic E-state index is -4.75. The maximum atomic E-state index is 13.8. The third kappa shape index (κ3) is 6.04. The van der Waals surface area contributed by atoms with Gasteiger partial charge in [-0.3, -0.25) is 9.78 Å². The van der Waals surface area contributed by atoms with Crippen LogP contribution >= 0.6 is 0 Å². The summed E-state index contributed by atoms with van der Waals surface area (Å²) in [4.78, 5) is 15.9. The van der Waals surface area contributed by atoms with Crippen LogP contribution in [0.4, 0.5) is 26.3 Å². The lowest BCUT2D eigenvalue weighted by molar-refractivity contribution is -0.143. The van der Waals surface area contributed by atoms with E-state index in [9.17, 15) is 31.1 Å². The molecule has 0 saturated carbocycles.